The molecular weight excluding hydrogens is 193 g/mol. The van der Waals surface area contributed by atoms with E-state index in [4.69, 9.17) is 5.73 Å². The van der Waals surface area contributed by atoms with E-state index in [0.29, 0.717) is 5.56 Å². The predicted octanol–water partition coefficient (Wildman–Crippen LogP) is 2.70. The Labute approximate surface area is 87.6 Å². The van der Waals surface area contributed by atoms with Gasteiger partial charge in [-0.25, -0.2) is 4.39 Å². The molecule has 0 fully saturated rings. The molecule has 0 saturated carbocycles. The average Bonchev–Trinajstić information content (AvgIpc) is 2.67. The van der Waals surface area contributed by atoms with Gasteiger partial charge in [0.1, 0.15) is 5.82 Å². The number of ketones is 1. The Morgan fingerprint density at radius 1 is 1.33 bits per heavy atom. The standard InChI is InChI=1S/C12H12FNO/c13-10-5-9(6-11(14)7-10)12(15)8-3-1-2-4-8/h3,5-7H,1-2,4,14H2. The summed E-state index contributed by atoms with van der Waals surface area (Å²) in [5, 5.41) is 0. The van der Waals surface area contributed by atoms with Crippen LogP contribution in [0.1, 0.15) is 29.6 Å². The van der Waals surface area contributed by atoms with Gasteiger partial charge in [-0.2, -0.15) is 0 Å². The van der Waals surface area contributed by atoms with E-state index in [0.717, 1.165) is 24.8 Å². The van der Waals surface area contributed by atoms with Gasteiger partial charge >= 0.3 is 0 Å². The van der Waals surface area contributed by atoms with Crippen LogP contribution in [0.3, 0.4) is 0 Å². The molecule has 1 aliphatic carbocycles. The van der Waals surface area contributed by atoms with Gasteiger partial charge in [0.15, 0.2) is 5.78 Å². The molecular formula is C12H12FNO. The first-order valence-corrected chi connectivity index (χ1v) is 4.96. The molecule has 1 aliphatic rings. The SMILES string of the molecule is Nc1cc(F)cc(C(=O)C2=CCCC2)c1. The van der Waals surface area contributed by atoms with Crippen molar-refractivity contribution in [2.45, 2.75) is 19.3 Å². The van der Waals surface area contributed by atoms with Crippen molar-refractivity contribution in [1.29, 1.82) is 0 Å². The van der Waals surface area contributed by atoms with E-state index < -0.39 is 5.82 Å². The monoisotopic (exact) mass is 205 g/mol. The zero-order chi connectivity index (χ0) is 10.8. The molecule has 78 valence electrons. The van der Waals surface area contributed by atoms with Crippen molar-refractivity contribution in [1.82, 2.24) is 0 Å². The number of allylic oxidation sites excluding steroid dienone is 2. The van der Waals surface area contributed by atoms with Gasteiger partial charge in [0.05, 0.1) is 0 Å². The summed E-state index contributed by atoms with van der Waals surface area (Å²) in [5.74, 6) is -0.560. The minimum atomic E-state index is -0.461. The number of Topliss-reactive ketones (excluding diaryl/α,β-unsaturated/α-hetero) is 1. The van der Waals surface area contributed by atoms with Crippen molar-refractivity contribution < 1.29 is 9.18 Å². The minimum Gasteiger partial charge on any atom is -0.399 e. The highest BCUT2D eigenvalue weighted by Crippen LogP contribution is 2.23. The number of anilines is 1. The fraction of sp³-hybridized carbons (Fsp3) is 0.250. The second-order valence-electron chi connectivity index (χ2n) is 3.72. The largest absolute Gasteiger partial charge is 0.399 e. The third kappa shape index (κ3) is 2.06. The maximum atomic E-state index is 13.0. The highest BCUT2D eigenvalue weighted by atomic mass is 19.1. The number of hydrogen-bond donors (Lipinski definition) is 1. The minimum absolute atomic E-state index is 0.0984. The number of carbonyl (C=O) groups excluding carboxylic acids is 1. The van der Waals surface area contributed by atoms with Crippen LogP contribution in [0.15, 0.2) is 29.8 Å². The Morgan fingerprint density at radius 3 is 2.73 bits per heavy atom. The van der Waals surface area contributed by atoms with Gasteiger partial charge in [0, 0.05) is 11.3 Å². The lowest BCUT2D eigenvalue weighted by atomic mass is 10.0. The molecule has 0 spiro atoms. The van der Waals surface area contributed by atoms with Gasteiger partial charge in [-0.3, -0.25) is 4.79 Å². The van der Waals surface area contributed by atoms with Gasteiger partial charge in [-0.15, -0.1) is 0 Å². The Kier molecular flexibility index (Phi) is 2.54. The third-order valence-electron chi connectivity index (χ3n) is 2.51. The second kappa shape index (κ2) is 3.85. The van der Waals surface area contributed by atoms with Crippen molar-refractivity contribution in [2.24, 2.45) is 0 Å². The molecule has 1 aromatic rings. The molecule has 0 unspecified atom stereocenters. The van der Waals surface area contributed by atoms with Crippen molar-refractivity contribution in [3.8, 4) is 0 Å². The maximum absolute atomic E-state index is 13.0. The van der Waals surface area contributed by atoms with Gasteiger partial charge < -0.3 is 5.73 Å². The smallest absolute Gasteiger partial charge is 0.188 e. The maximum Gasteiger partial charge on any atom is 0.188 e. The van der Waals surface area contributed by atoms with Crippen LogP contribution in [-0.2, 0) is 0 Å². The van der Waals surface area contributed by atoms with E-state index in [1.165, 1.54) is 18.2 Å². The summed E-state index contributed by atoms with van der Waals surface area (Å²) >= 11 is 0. The van der Waals surface area contributed by atoms with Crippen molar-refractivity contribution in [3.63, 3.8) is 0 Å². The summed E-state index contributed by atoms with van der Waals surface area (Å²) in [7, 11) is 0. The topological polar surface area (TPSA) is 43.1 Å². The normalized spacial score (nSPS) is 15.1. The summed E-state index contributed by atoms with van der Waals surface area (Å²) < 4.78 is 13.0. The zero-order valence-electron chi connectivity index (χ0n) is 8.29. The fourth-order valence-corrected chi connectivity index (χ4v) is 1.81. The highest BCUT2D eigenvalue weighted by molar-refractivity contribution is 6.09. The molecule has 0 aliphatic heterocycles. The van der Waals surface area contributed by atoms with Crippen LogP contribution in [0.2, 0.25) is 0 Å². The van der Waals surface area contributed by atoms with Gasteiger partial charge in [0.25, 0.3) is 0 Å². The molecule has 2 N–H and O–H groups in total. The molecule has 2 rings (SSSR count). The first-order valence-electron chi connectivity index (χ1n) is 4.96. The van der Waals surface area contributed by atoms with E-state index in [-0.39, 0.29) is 11.5 Å². The Bertz CT molecular complexity index is 417. The number of hydrogen-bond acceptors (Lipinski definition) is 2. The highest BCUT2D eigenvalue weighted by Gasteiger charge is 2.16. The predicted molar refractivity (Wildman–Crippen MR) is 57.1 cm³/mol. The summed E-state index contributed by atoms with van der Waals surface area (Å²) in [5.41, 5.74) is 6.90. The summed E-state index contributed by atoms with van der Waals surface area (Å²) in [4.78, 5) is 11.9. The van der Waals surface area contributed by atoms with Gasteiger partial charge in [0.2, 0.25) is 0 Å². The van der Waals surface area contributed by atoms with Crippen LogP contribution in [0.25, 0.3) is 0 Å². The van der Waals surface area contributed by atoms with Crippen LogP contribution in [0.4, 0.5) is 10.1 Å². The Hall–Kier alpha value is -1.64. The Morgan fingerprint density at radius 2 is 2.13 bits per heavy atom. The fourth-order valence-electron chi connectivity index (χ4n) is 1.81. The number of rotatable bonds is 2. The molecule has 0 aromatic heterocycles. The molecule has 0 heterocycles. The van der Waals surface area contributed by atoms with Crippen molar-refractivity contribution >= 4 is 11.5 Å². The summed E-state index contributed by atoms with van der Waals surface area (Å²) in [6.45, 7) is 0. The zero-order valence-corrected chi connectivity index (χ0v) is 8.29. The molecule has 0 saturated heterocycles. The van der Waals surface area contributed by atoms with Crippen LogP contribution in [0, 0.1) is 5.82 Å². The molecule has 0 amide bonds. The van der Waals surface area contributed by atoms with E-state index >= 15 is 0 Å². The number of benzene rings is 1. The molecule has 0 radical (unpaired) electrons. The third-order valence-corrected chi connectivity index (χ3v) is 2.51. The quantitative estimate of drug-likeness (QED) is 0.595. The average molecular weight is 205 g/mol. The van der Waals surface area contributed by atoms with Crippen molar-refractivity contribution in [3.05, 3.63) is 41.2 Å². The summed E-state index contributed by atoms with van der Waals surface area (Å²) in [6.07, 6.45) is 4.65. The van der Waals surface area contributed by atoms with Crippen molar-refractivity contribution in [2.75, 3.05) is 5.73 Å². The van der Waals surface area contributed by atoms with E-state index in [1.807, 2.05) is 6.08 Å². The van der Waals surface area contributed by atoms with Gasteiger partial charge in [-0.05, 0) is 43.0 Å². The Balaban J connectivity index is 2.32. The van der Waals surface area contributed by atoms with E-state index in [9.17, 15) is 9.18 Å². The van der Waals surface area contributed by atoms with Crippen LogP contribution in [0.5, 0.6) is 0 Å². The molecule has 1 aromatic carbocycles. The number of halogens is 1. The first-order chi connectivity index (χ1) is 7.16. The lowest BCUT2D eigenvalue weighted by Crippen LogP contribution is -2.03. The molecule has 0 atom stereocenters. The summed E-state index contributed by atoms with van der Waals surface area (Å²) in [6, 6.07) is 3.96. The van der Waals surface area contributed by atoms with Gasteiger partial charge in [-0.1, -0.05) is 6.08 Å². The van der Waals surface area contributed by atoms with Crippen LogP contribution >= 0.6 is 0 Å². The number of carbonyl (C=O) groups is 1. The first kappa shape index (κ1) is 9.90. The molecule has 3 heteroatoms. The van der Waals surface area contributed by atoms with Crippen LogP contribution < -0.4 is 5.73 Å². The number of nitrogens with two attached hydrogens (primary N) is 1. The van der Waals surface area contributed by atoms with E-state index in [2.05, 4.69) is 0 Å². The lowest BCUT2D eigenvalue weighted by molar-refractivity contribution is 0.103. The molecule has 15 heavy (non-hydrogen) atoms. The molecule has 2 nitrogen and oxygen atoms in total. The van der Waals surface area contributed by atoms with E-state index in [1.54, 1.807) is 0 Å². The molecule has 0 bridgehead atoms. The number of nitrogen functional groups attached to an aromatic ring is 1. The second-order valence-corrected chi connectivity index (χ2v) is 3.72. The van der Waals surface area contributed by atoms with Crippen LogP contribution in [-0.4, -0.2) is 5.78 Å². The lowest BCUT2D eigenvalue weighted by Gasteiger charge is -2.03.